The summed E-state index contributed by atoms with van der Waals surface area (Å²) in [4.78, 5) is 2.44. The lowest BCUT2D eigenvalue weighted by molar-refractivity contribution is 0.390. The van der Waals surface area contributed by atoms with Gasteiger partial charge in [0.15, 0.2) is 0 Å². The van der Waals surface area contributed by atoms with Crippen LogP contribution in [0.2, 0.25) is 0 Å². The summed E-state index contributed by atoms with van der Waals surface area (Å²) >= 11 is 2.40. The van der Waals surface area contributed by atoms with E-state index >= 15 is 0 Å². The summed E-state index contributed by atoms with van der Waals surface area (Å²) in [5.74, 6) is 0.778. The number of nitrogens with two attached hydrogens (primary N) is 1. The molecule has 3 heteroatoms. The van der Waals surface area contributed by atoms with E-state index in [2.05, 4.69) is 27.5 Å². The lowest BCUT2D eigenvalue weighted by Gasteiger charge is -2.09. The van der Waals surface area contributed by atoms with E-state index < -0.39 is 0 Å². The smallest absolute Gasteiger partial charge is 0.0505 e. The number of hydrogen-bond acceptors (Lipinski definition) is 2. The first-order valence-corrected chi connectivity index (χ1v) is 4.87. The predicted octanol–water partition coefficient (Wildman–Crippen LogP) is 0.660. The van der Waals surface area contributed by atoms with E-state index in [-0.39, 0.29) is 0 Å². The highest BCUT2D eigenvalue weighted by Gasteiger charge is 2.19. The second-order valence-electron chi connectivity index (χ2n) is 2.59. The van der Waals surface area contributed by atoms with Gasteiger partial charge in [-0.25, -0.2) is 0 Å². The first-order chi connectivity index (χ1) is 4.36. The van der Waals surface area contributed by atoms with Crippen LogP contribution in [0.1, 0.15) is 6.42 Å². The molecule has 0 spiro atoms. The largest absolute Gasteiger partial charge is 0.330 e. The van der Waals surface area contributed by atoms with E-state index in [9.17, 15) is 0 Å². The number of rotatable bonds is 2. The van der Waals surface area contributed by atoms with Crippen LogP contribution in [0.3, 0.4) is 0 Å². The fourth-order valence-corrected chi connectivity index (χ4v) is 1.83. The highest BCUT2D eigenvalue weighted by Crippen LogP contribution is 2.14. The molecule has 0 aromatic carbocycles. The van der Waals surface area contributed by atoms with Crippen LogP contribution in [0.15, 0.2) is 0 Å². The quantitative estimate of drug-likeness (QED) is 0.436. The zero-order valence-electron chi connectivity index (χ0n) is 5.52. The Labute approximate surface area is 69.9 Å². The number of nitrogens with zero attached hydrogens (tertiary/aromatic N) is 1. The molecule has 9 heavy (non-hydrogen) atoms. The van der Waals surface area contributed by atoms with E-state index in [1.807, 2.05) is 0 Å². The Hall–Kier alpha value is 0.650. The van der Waals surface area contributed by atoms with Crippen LogP contribution < -0.4 is 5.73 Å². The molecule has 2 nitrogen and oxygen atoms in total. The molecule has 0 aromatic rings. The summed E-state index contributed by atoms with van der Waals surface area (Å²) in [5, 5.41) is 0. The van der Waals surface area contributed by atoms with Gasteiger partial charge in [0.2, 0.25) is 0 Å². The van der Waals surface area contributed by atoms with E-state index in [4.69, 9.17) is 5.73 Å². The third kappa shape index (κ3) is 2.05. The SMILES string of the molecule is NCC1CCN(CI)C1. The van der Waals surface area contributed by atoms with Crippen molar-refractivity contribution in [2.24, 2.45) is 11.7 Å². The standard InChI is InChI=1S/C6H13IN2/c7-5-9-2-1-6(3-8)4-9/h6H,1-5,8H2. The van der Waals surface area contributed by atoms with Gasteiger partial charge in [0.1, 0.15) is 0 Å². The molecule has 0 aromatic heterocycles. The molecular weight excluding hydrogens is 227 g/mol. The Bertz CT molecular complexity index is 77.1. The fourth-order valence-electron chi connectivity index (χ4n) is 1.21. The van der Waals surface area contributed by atoms with Crippen molar-refractivity contribution in [2.75, 3.05) is 24.2 Å². The first-order valence-electron chi connectivity index (χ1n) is 3.35. The molecule has 1 heterocycles. The number of likely N-dealkylation sites (tertiary alicyclic amines) is 1. The molecular formula is C6H13IN2. The average molecular weight is 240 g/mol. The molecule has 0 radical (unpaired) electrons. The number of halogens is 1. The van der Waals surface area contributed by atoms with Gasteiger partial charge in [-0.15, -0.1) is 0 Å². The zero-order valence-corrected chi connectivity index (χ0v) is 7.67. The topological polar surface area (TPSA) is 29.3 Å². The van der Waals surface area contributed by atoms with Crippen LogP contribution in [0.4, 0.5) is 0 Å². The van der Waals surface area contributed by atoms with Gasteiger partial charge in [-0.1, -0.05) is 22.6 Å². The van der Waals surface area contributed by atoms with Gasteiger partial charge in [-0.2, -0.15) is 0 Å². The van der Waals surface area contributed by atoms with Crippen LogP contribution in [-0.4, -0.2) is 29.1 Å². The maximum Gasteiger partial charge on any atom is 0.0505 e. The molecule has 1 atom stereocenters. The summed E-state index contributed by atoms with van der Waals surface area (Å²) in [6, 6.07) is 0. The Morgan fingerprint density at radius 2 is 2.44 bits per heavy atom. The third-order valence-electron chi connectivity index (χ3n) is 1.87. The summed E-state index contributed by atoms with van der Waals surface area (Å²) in [5.41, 5.74) is 5.52. The lowest BCUT2D eigenvalue weighted by Crippen LogP contribution is -2.21. The molecule has 0 bridgehead atoms. The maximum atomic E-state index is 5.52. The predicted molar refractivity (Wildman–Crippen MR) is 47.6 cm³/mol. The summed E-state index contributed by atoms with van der Waals surface area (Å²) in [6.07, 6.45) is 1.31. The number of alkyl halides is 1. The third-order valence-corrected chi connectivity index (χ3v) is 2.84. The van der Waals surface area contributed by atoms with Gasteiger partial charge >= 0.3 is 0 Å². The van der Waals surface area contributed by atoms with Crippen LogP contribution >= 0.6 is 22.6 Å². The van der Waals surface area contributed by atoms with Crippen LogP contribution in [-0.2, 0) is 0 Å². The van der Waals surface area contributed by atoms with Gasteiger partial charge < -0.3 is 5.73 Å². The lowest BCUT2D eigenvalue weighted by atomic mass is 10.1. The van der Waals surface area contributed by atoms with Crippen molar-refractivity contribution in [3.63, 3.8) is 0 Å². The molecule has 54 valence electrons. The molecule has 1 unspecified atom stereocenters. The van der Waals surface area contributed by atoms with Crippen molar-refractivity contribution in [3.05, 3.63) is 0 Å². The molecule has 1 fully saturated rings. The second-order valence-corrected chi connectivity index (χ2v) is 3.27. The minimum Gasteiger partial charge on any atom is -0.330 e. The minimum absolute atomic E-state index is 0.778. The van der Waals surface area contributed by atoms with E-state index in [1.165, 1.54) is 19.5 Å². The Balaban J connectivity index is 2.20. The molecule has 1 rings (SSSR count). The molecule has 0 aliphatic carbocycles. The zero-order chi connectivity index (χ0) is 6.69. The normalized spacial score (nSPS) is 29.3. The van der Waals surface area contributed by atoms with Crippen molar-refractivity contribution < 1.29 is 0 Å². The minimum atomic E-state index is 0.778. The first kappa shape index (κ1) is 7.75. The summed E-state index contributed by atoms with van der Waals surface area (Å²) in [7, 11) is 0. The molecule has 2 N–H and O–H groups in total. The monoisotopic (exact) mass is 240 g/mol. The molecule has 0 saturated carbocycles. The van der Waals surface area contributed by atoms with Crippen LogP contribution in [0.25, 0.3) is 0 Å². The molecule has 1 aliphatic heterocycles. The van der Waals surface area contributed by atoms with Gasteiger partial charge in [0.05, 0.1) is 4.55 Å². The van der Waals surface area contributed by atoms with Crippen molar-refractivity contribution >= 4 is 22.6 Å². The van der Waals surface area contributed by atoms with E-state index in [1.54, 1.807) is 0 Å². The summed E-state index contributed by atoms with van der Waals surface area (Å²) in [6.45, 7) is 3.34. The van der Waals surface area contributed by atoms with Gasteiger partial charge in [-0.3, -0.25) is 4.90 Å². The van der Waals surface area contributed by atoms with E-state index in [0.717, 1.165) is 17.0 Å². The Morgan fingerprint density at radius 1 is 1.67 bits per heavy atom. The Kier molecular flexibility index (Phi) is 3.21. The van der Waals surface area contributed by atoms with E-state index in [0.29, 0.717) is 0 Å². The highest BCUT2D eigenvalue weighted by molar-refractivity contribution is 14.1. The van der Waals surface area contributed by atoms with Crippen LogP contribution in [0, 0.1) is 5.92 Å². The number of hydrogen-bond donors (Lipinski definition) is 1. The molecule has 1 aliphatic rings. The van der Waals surface area contributed by atoms with Crippen molar-refractivity contribution in [1.29, 1.82) is 0 Å². The molecule has 0 amide bonds. The van der Waals surface area contributed by atoms with Crippen LogP contribution in [0.5, 0.6) is 0 Å². The summed E-state index contributed by atoms with van der Waals surface area (Å²) < 4.78 is 1.16. The maximum absolute atomic E-state index is 5.52. The highest BCUT2D eigenvalue weighted by atomic mass is 127. The van der Waals surface area contributed by atoms with Gasteiger partial charge in [0, 0.05) is 6.54 Å². The Morgan fingerprint density at radius 3 is 2.78 bits per heavy atom. The average Bonchev–Trinajstić information content (AvgIpc) is 2.34. The fraction of sp³-hybridized carbons (Fsp3) is 1.00. The van der Waals surface area contributed by atoms with Crippen molar-refractivity contribution in [3.8, 4) is 0 Å². The second kappa shape index (κ2) is 3.73. The van der Waals surface area contributed by atoms with Crippen molar-refractivity contribution in [2.45, 2.75) is 6.42 Å². The van der Waals surface area contributed by atoms with Gasteiger partial charge in [0.25, 0.3) is 0 Å². The van der Waals surface area contributed by atoms with Gasteiger partial charge in [-0.05, 0) is 25.4 Å². The molecule has 1 saturated heterocycles. The van der Waals surface area contributed by atoms with Crippen molar-refractivity contribution in [1.82, 2.24) is 4.90 Å².